The van der Waals surface area contributed by atoms with Crippen molar-refractivity contribution in [3.63, 3.8) is 0 Å². The van der Waals surface area contributed by atoms with E-state index in [1.165, 1.54) is 6.07 Å². The van der Waals surface area contributed by atoms with Crippen molar-refractivity contribution >= 4 is 16.8 Å². The van der Waals surface area contributed by atoms with E-state index in [0.29, 0.717) is 25.4 Å². The third kappa shape index (κ3) is 3.67. The summed E-state index contributed by atoms with van der Waals surface area (Å²) >= 11 is 0. The molecule has 0 N–H and O–H groups in total. The number of amides is 1. The minimum atomic E-state index is -0.0680. The molecule has 1 aromatic carbocycles. The number of hydrogen-bond acceptors (Lipinski definition) is 3. The molecule has 0 spiro atoms. The normalized spacial score (nSPS) is 15.1. The first-order valence-electron chi connectivity index (χ1n) is 9.67. The number of likely N-dealkylation sites (tertiary alicyclic amines) is 1. The number of carbonyl (C=O) groups is 1. The van der Waals surface area contributed by atoms with Gasteiger partial charge in [-0.25, -0.2) is 0 Å². The van der Waals surface area contributed by atoms with Crippen molar-refractivity contribution in [1.29, 1.82) is 0 Å². The van der Waals surface area contributed by atoms with Gasteiger partial charge in [-0.15, -0.1) is 0 Å². The minimum Gasteiger partial charge on any atom is -0.490 e. The van der Waals surface area contributed by atoms with Gasteiger partial charge in [0.2, 0.25) is 5.91 Å². The van der Waals surface area contributed by atoms with Crippen LogP contribution in [-0.4, -0.2) is 39.1 Å². The summed E-state index contributed by atoms with van der Waals surface area (Å²) < 4.78 is 9.61. The Hall–Kier alpha value is -3.02. The molecule has 0 aliphatic carbocycles. The molecular formula is C22H25N3O3. The van der Waals surface area contributed by atoms with Crippen molar-refractivity contribution in [3.8, 4) is 5.75 Å². The molecule has 146 valence electrons. The zero-order chi connectivity index (χ0) is 19.7. The summed E-state index contributed by atoms with van der Waals surface area (Å²) in [6, 6.07) is 13.5. The molecule has 1 amide bonds. The van der Waals surface area contributed by atoms with Crippen LogP contribution in [0.2, 0.25) is 0 Å². The highest BCUT2D eigenvalue weighted by Crippen LogP contribution is 2.20. The Morgan fingerprint density at radius 3 is 2.64 bits per heavy atom. The molecular weight excluding hydrogens is 354 g/mol. The van der Waals surface area contributed by atoms with Crippen LogP contribution >= 0.6 is 0 Å². The van der Waals surface area contributed by atoms with E-state index in [1.807, 2.05) is 52.9 Å². The molecule has 0 saturated carbocycles. The van der Waals surface area contributed by atoms with Crippen LogP contribution in [-0.2, 0) is 18.4 Å². The van der Waals surface area contributed by atoms with Gasteiger partial charge in [0, 0.05) is 56.5 Å². The van der Waals surface area contributed by atoms with Gasteiger partial charge in [-0.1, -0.05) is 18.2 Å². The number of piperidine rings is 1. The first kappa shape index (κ1) is 18.3. The fourth-order valence-electron chi connectivity index (χ4n) is 3.74. The van der Waals surface area contributed by atoms with E-state index in [2.05, 4.69) is 6.07 Å². The fraction of sp³-hybridized carbons (Fsp3) is 0.364. The smallest absolute Gasteiger partial charge is 0.254 e. The van der Waals surface area contributed by atoms with E-state index in [9.17, 15) is 9.59 Å². The van der Waals surface area contributed by atoms with Crippen LogP contribution < -0.4 is 10.3 Å². The Balaban J connectivity index is 1.35. The van der Waals surface area contributed by atoms with Gasteiger partial charge in [0.25, 0.3) is 5.56 Å². The lowest BCUT2D eigenvalue weighted by molar-refractivity contribution is -0.133. The number of hydrogen-bond donors (Lipinski definition) is 0. The lowest BCUT2D eigenvalue weighted by Gasteiger charge is -2.32. The monoisotopic (exact) mass is 379 g/mol. The van der Waals surface area contributed by atoms with Crippen molar-refractivity contribution < 1.29 is 9.53 Å². The molecule has 4 rings (SSSR count). The molecule has 0 bridgehead atoms. The lowest BCUT2D eigenvalue weighted by Crippen LogP contribution is -2.43. The van der Waals surface area contributed by atoms with Crippen LogP contribution in [0.25, 0.3) is 10.9 Å². The van der Waals surface area contributed by atoms with E-state index in [-0.39, 0.29) is 17.6 Å². The topological polar surface area (TPSA) is 56.5 Å². The highest BCUT2D eigenvalue weighted by atomic mass is 16.5. The van der Waals surface area contributed by atoms with Crippen molar-refractivity contribution in [2.45, 2.75) is 32.4 Å². The number of para-hydroxylation sites is 1. The number of nitrogens with zero attached hydrogens (tertiary/aromatic N) is 3. The number of aromatic nitrogens is 2. The van der Waals surface area contributed by atoms with Crippen LogP contribution in [0.1, 0.15) is 18.5 Å². The number of ether oxygens (including phenoxy) is 1. The van der Waals surface area contributed by atoms with Crippen LogP contribution in [0.15, 0.2) is 53.5 Å². The second-order valence-electron chi connectivity index (χ2n) is 7.43. The average Bonchev–Trinajstić information content (AvgIpc) is 3.09. The predicted octanol–water partition coefficient (Wildman–Crippen LogP) is 2.72. The second kappa shape index (κ2) is 7.54. The van der Waals surface area contributed by atoms with Crippen molar-refractivity contribution in [2.24, 2.45) is 7.05 Å². The Labute approximate surface area is 163 Å². The predicted molar refractivity (Wildman–Crippen MR) is 109 cm³/mol. The number of aryl methyl sites for hydroxylation is 1. The molecule has 1 aliphatic heterocycles. The lowest BCUT2D eigenvalue weighted by atomic mass is 10.1. The van der Waals surface area contributed by atoms with Crippen molar-refractivity contribution in [2.75, 3.05) is 13.1 Å². The summed E-state index contributed by atoms with van der Waals surface area (Å²) in [5.41, 5.74) is 1.88. The standard InChI is InChI=1S/C22H25N3O3/c1-16-13-19(14-21(26)23(16)2)28-18-8-11-24(12-9-18)22(27)15-25-10-7-17-5-3-4-6-20(17)25/h3-7,10,13-14,18H,8-9,11-12,15H2,1-2H3. The summed E-state index contributed by atoms with van der Waals surface area (Å²) in [7, 11) is 1.75. The Kier molecular flexibility index (Phi) is 4.94. The molecule has 1 saturated heterocycles. The van der Waals surface area contributed by atoms with Gasteiger partial charge in [-0.3, -0.25) is 9.59 Å². The summed E-state index contributed by atoms with van der Waals surface area (Å²) in [5, 5.41) is 1.15. The molecule has 0 radical (unpaired) electrons. The van der Waals surface area contributed by atoms with Crippen molar-refractivity contribution in [3.05, 3.63) is 64.7 Å². The number of pyridine rings is 1. The summed E-state index contributed by atoms with van der Waals surface area (Å²) in [6.45, 7) is 3.59. The highest BCUT2D eigenvalue weighted by molar-refractivity contribution is 5.83. The number of carbonyl (C=O) groups excluding carboxylic acids is 1. The maximum atomic E-state index is 12.7. The van der Waals surface area contributed by atoms with Gasteiger partial charge < -0.3 is 18.8 Å². The molecule has 0 atom stereocenters. The van der Waals surface area contributed by atoms with Gasteiger partial charge in [0.15, 0.2) is 0 Å². The summed E-state index contributed by atoms with van der Waals surface area (Å²) in [6.07, 6.45) is 3.54. The zero-order valence-corrected chi connectivity index (χ0v) is 16.3. The maximum Gasteiger partial charge on any atom is 0.254 e. The molecule has 1 fully saturated rings. The van der Waals surface area contributed by atoms with Crippen LogP contribution in [0.4, 0.5) is 0 Å². The van der Waals surface area contributed by atoms with Crippen LogP contribution in [0.3, 0.4) is 0 Å². The highest BCUT2D eigenvalue weighted by Gasteiger charge is 2.24. The van der Waals surface area contributed by atoms with Gasteiger partial charge in [0.05, 0.1) is 0 Å². The molecule has 1 aliphatic rings. The minimum absolute atomic E-state index is 0.0305. The van der Waals surface area contributed by atoms with E-state index < -0.39 is 0 Å². The molecule has 2 aromatic heterocycles. The van der Waals surface area contributed by atoms with Crippen LogP contribution in [0.5, 0.6) is 5.75 Å². The summed E-state index contributed by atoms with van der Waals surface area (Å²) in [4.78, 5) is 26.5. The fourth-order valence-corrected chi connectivity index (χ4v) is 3.74. The maximum absolute atomic E-state index is 12.7. The van der Waals surface area contributed by atoms with Gasteiger partial charge in [0.1, 0.15) is 18.4 Å². The zero-order valence-electron chi connectivity index (χ0n) is 16.3. The number of benzene rings is 1. The third-order valence-electron chi connectivity index (χ3n) is 5.56. The third-order valence-corrected chi connectivity index (χ3v) is 5.56. The molecule has 3 aromatic rings. The van der Waals surface area contributed by atoms with Crippen LogP contribution in [0, 0.1) is 6.92 Å². The molecule has 28 heavy (non-hydrogen) atoms. The Morgan fingerprint density at radius 1 is 1.14 bits per heavy atom. The van der Waals surface area contributed by atoms with Crippen molar-refractivity contribution in [1.82, 2.24) is 14.0 Å². The second-order valence-corrected chi connectivity index (χ2v) is 7.43. The quantitative estimate of drug-likeness (QED) is 0.700. The first-order valence-corrected chi connectivity index (χ1v) is 9.67. The first-order chi connectivity index (χ1) is 13.5. The summed E-state index contributed by atoms with van der Waals surface area (Å²) in [5.74, 6) is 0.744. The van der Waals surface area contributed by atoms with Gasteiger partial charge in [-0.05, 0) is 30.5 Å². The van der Waals surface area contributed by atoms with Gasteiger partial charge >= 0.3 is 0 Å². The largest absolute Gasteiger partial charge is 0.490 e. The molecule has 0 unspecified atom stereocenters. The SMILES string of the molecule is Cc1cc(OC2CCN(C(=O)Cn3ccc4ccccc43)CC2)cc(=O)n1C. The van der Waals surface area contributed by atoms with E-state index in [1.54, 1.807) is 11.6 Å². The van der Waals surface area contributed by atoms with Gasteiger partial charge in [-0.2, -0.15) is 0 Å². The van der Waals surface area contributed by atoms with E-state index >= 15 is 0 Å². The molecule has 3 heterocycles. The average molecular weight is 379 g/mol. The number of rotatable bonds is 4. The molecule has 6 nitrogen and oxygen atoms in total. The van der Waals surface area contributed by atoms with E-state index in [0.717, 1.165) is 29.4 Å². The Bertz CT molecular complexity index is 1060. The molecule has 6 heteroatoms. The van der Waals surface area contributed by atoms with E-state index in [4.69, 9.17) is 4.74 Å². The number of fused-ring (bicyclic) bond motifs is 1. The Morgan fingerprint density at radius 2 is 1.89 bits per heavy atom.